The lowest BCUT2D eigenvalue weighted by atomic mass is 10.1. The van der Waals surface area contributed by atoms with Crippen molar-refractivity contribution in [3.63, 3.8) is 0 Å². The molecule has 0 bridgehead atoms. The zero-order valence-electron chi connectivity index (χ0n) is 12.3. The lowest BCUT2D eigenvalue weighted by Gasteiger charge is -2.22. The van der Waals surface area contributed by atoms with Crippen molar-refractivity contribution in [1.82, 2.24) is 14.2 Å². The Morgan fingerprint density at radius 3 is 3.00 bits per heavy atom. The van der Waals surface area contributed by atoms with Gasteiger partial charge in [0.05, 0.1) is 18.5 Å². The fourth-order valence-electron chi connectivity index (χ4n) is 1.68. The van der Waals surface area contributed by atoms with E-state index in [2.05, 4.69) is 14.8 Å². The number of carbonyl (C=O) groups is 1. The van der Waals surface area contributed by atoms with E-state index >= 15 is 0 Å². The molecule has 0 aliphatic rings. The summed E-state index contributed by atoms with van der Waals surface area (Å²) in [6.07, 6.45) is 3.21. The SMILES string of the molecule is CCOC(=O)C(C)(C)n1cc(Nc2snc(Cl)c2C#N)cn1. The molecule has 0 atom stereocenters. The van der Waals surface area contributed by atoms with Crippen LogP contribution in [0.25, 0.3) is 0 Å². The van der Waals surface area contributed by atoms with Crippen LogP contribution in [-0.2, 0) is 15.1 Å². The molecule has 0 saturated carbocycles. The van der Waals surface area contributed by atoms with Gasteiger partial charge in [0.1, 0.15) is 16.6 Å². The molecule has 1 N–H and O–H groups in total. The van der Waals surface area contributed by atoms with Crippen LogP contribution in [0.15, 0.2) is 12.4 Å². The normalized spacial score (nSPS) is 11.0. The van der Waals surface area contributed by atoms with Gasteiger partial charge in [-0.25, -0.2) is 4.79 Å². The summed E-state index contributed by atoms with van der Waals surface area (Å²) in [5.74, 6) is -0.372. The highest BCUT2D eigenvalue weighted by Crippen LogP contribution is 2.30. The maximum absolute atomic E-state index is 12.0. The number of nitrogens with zero attached hydrogens (tertiary/aromatic N) is 4. The molecular weight excluding hydrogens is 326 g/mol. The molecule has 22 heavy (non-hydrogen) atoms. The van der Waals surface area contributed by atoms with E-state index in [0.29, 0.717) is 17.3 Å². The van der Waals surface area contributed by atoms with E-state index in [4.69, 9.17) is 21.6 Å². The second-order valence-electron chi connectivity index (χ2n) is 4.87. The summed E-state index contributed by atoms with van der Waals surface area (Å²) in [5.41, 5.74) is -0.0300. The number of hydrogen-bond donors (Lipinski definition) is 1. The van der Waals surface area contributed by atoms with Gasteiger partial charge >= 0.3 is 5.97 Å². The number of nitrogens with one attached hydrogen (secondary N) is 1. The Bertz CT molecular complexity index is 731. The van der Waals surface area contributed by atoms with Crippen molar-refractivity contribution in [2.45, 2.75) is 26.3 Å². The lowest BCUT2D eigenvalue weighted by Crippen LogP contribution is -2.37. The Balaban J connectivity index is 2.22. The van der Waals surface area contributed by atoms with Crippen molar-refractivity contribution < 1.29 is 9.53 Å². The van der Waals surface area contributed by atoms with Gasteiger partial charge in [-0.05, 0) is 32.3 Å². The van der Waals surface area contributed by atoms with Crippen LogP contribution in [0.5, 0.6) is 0 Å². The largest absolute Gasteiger partial charge is 0.464 e. The molecule has 0 radical (unpaired) electrons. The number of halogens is 1. The van der Waals surface area contributed by atoms with Gasteiger partial charge < -0.3 is 10.1 Å². The lowest BCUT2D eigenvalue weighted by molar-refractivity contribution is -0.152. The van der Waals surface area contributed by atoms with E-state index in [1.807, 2.05) is 6.07 Å². The molecule has 0 aliphatic heterocycles. The highest BCUT2D eigenvalue weighted by atomic mass is 35.5. The van der Waals surface area contributed by atoms with Crippen molar-refractivity contribution in [2.24, 2.45) is 0 Å². The molecule has 0 amide bonds. The van der Waals surface area contributed by atoms with Crippen LogP contribution in [0.1, 0.15) is 26.3 Å². The van der Waals surface area contributed by atoms with E-state index in [1.165, 1.54) is 4.68 Å². The van der Waals surface area contributed by atoms with Crippen molar-refractivity contribution in [3.8, 4) is 6.07 Å². The second kappa shape index (κ2) is 6.34. The van der Waals surface area contributed by atoms with Gasteiger partial charge in [-0.3, -0.25) is 4.68 Å². The zero-order chi connectivity index (χ0) is 16.3. The van der Waals surface area contributed by atoms with E-state index in [0.717, 1.165) is 11.5 Å². The molecule has 2 aromatic rings. The minimum Gasteiger partial charge on any atom is -0.464 e. The molecule has 9 heteroatoms. The first kappa shape index (κ1) is 16.3. The molecule has 2 heterocycles. The molecule has 2 aromatic heterocycles. The van der Waals surface area contributed by atoms with Crippen molar-refractivity contribution in [2.75, 3.05) is 11.9 Å². The highest BCUT2D eigenvalue weighted by Gasteiger charge is 2.32. The average Bonchev–Trinajstić information content (AvgIpc) is 3.07. The van der Waals surface area contributed by atoms with Gasteiger partial charge in [0.25, 0.3) is 0 Å². The summed E-state index contributed by atoms with van der Waals surface area (Å²) >= 11 is 6.90. The first-order chi connectivity index (χ1) is 10.4. The van der Waals surface area contributed by atoms with E-state index < -0.39 is 5.54 Å². The second-order valence-corrected chi connectivity index (χ2v) is 6.00. The number of carbonyl (C=O) groups excluding carboxylic acids is 1. The van der Waals surface area contributed by atoms with E-state index in [9.17, 15) is 4.79 Å². The van der Waals surface area contributed by atoms with Crippen molar-refractivity contribution in [1.29, 1.82) is 5.26 Å². The van der Waals surface area contributed by atoms with Crippen LogP contribution in [0.4, 0.5) is 10.7 Å². The highest BCUT2D eigenvalue weighted by molar-refractivity contribution is 7.10. The maximum atomic E-state index is 12.0. The third kappa shape index (κ3) is 3.05. The Hall–Kier alpha value is -2.11. The maximum Gasteiger partial charge on any atom is 0.333 e. The number of anilines is 2. The number of aromatic nitrogens is 3. The van der Waals surface area contributed by atoms with Crippen molar-refractivity contribution >= 4 is 39.8 Å². The number of hydrogen-bond acceptors (Lipinski definition) is 7. The Morgan fingerprint density at radius 1 is 1.64 bits per heavy atom. The van der Waals surface area contributed by atoms with Crippen molar-refractivity contribution in [3.05, 3.63) is 23.1 Å². The Kier molecular flexibility index (Phi) is 4.68. The van der Waals surface area contributed by atoms with Crippen LogP contribution in [0.3, 0.4) is 0 Å². The monoisotopic (exact) mass is 339 g/mol. The number of nitriles is 1. The fourth-order valence-corrected chi connectivity index (χ4v) is 2.63. The molecule has 116 valence electrons. The minimum atomic E-state index is -0.931. The molecule has 0 spiro atoms. The quantitative estimate of drug-likeness (QED) is 0.842. The number of rotatable bonds is 5. The molecule has 0 unspecified atom stereocenters. The van der Waals surface area contributed by atoms with Gasteiger partial charge in [-0.15, -0.1) is 0 Å². The first-order valence-electron chi connectivity index (χ1n) is 6.44. The summed E-state index contributed by atoms with van der Waals surface area (Å²) in [6.45, 7) is 5.48. The van der Waals surface area contributed by atoms with Gasteiger partial charge in [0.15, 0.2) is 10.7 Å². The Morgan fingerprint density at radius 2 is 2.36 bits per heavy atom. The molecule has 7 nitrogen and oxygen atoms in total. The summed E-state index contributed by atoms with van der Waals surface area (Å²) in [6, 6.07) is 1.99. The van der Waals surface area contributed by atoms with E-state index in [1.54, 1.807) is 33.2 Å². The summed E-state index contributed by atoms with van der Waals surface area (Å²) in [4.78, 5) is 12.0. The number of ether oxygens (including phenoxy) is 1. The zero-order valence-corrected chi connectivity index (χ0v) is 13.8. The van der Waals surface area contributed by atoms with Crippen LogP contribution < -0.4 is 5.32 Å². The molecular formula is C13H14ClN5O2S. The third-order valence-electron chi connectivity index (χ3n) is 2.95. The van der Waals surface area contributed by atoms with Gasteiger partial charge in [0.2, 0.25) is 0 Å². The van der Waals surface area contributed by atoms with Crippen LogP contribution in [0, 0.1) is 11.3 Å². The summed E-state index contributed by atoms with van der Waals surface area (Å²) < 4.78 is 10.5. The van der Waals surface area contributed by atoms with Gasteiger partial charge in [-0.2, -0.15) is 14.7 Å². The fraction of sp³-hybridized carbons (Fsp3) is 0.385. The minimum absolute atomic E-state index is 0.161. The number of esters is 1. The Labute approximate surface area is 136 Å². The summed E-state index contributed by atoms with van der Waals surface area (Å²) in [7, 11) is 0. The third-order valence-corrected chi connectivity index (χ3v) is 4.09. The van der Waals surface area contributed by atoms with E-state index in [-0.39, 0.29) is 16.7 Å². The predicted molar refractivity (Wildman–Crippen MR) is 83.3 cm³/mol. The van der Waals surface area contributed by atoms with Crippen LogP contribution >= 0.6 is 23.1 Å². The molecule has 0 saturated heterocycles. The standard InChI is InChI=1S/C13H14ClN5O2S/c1-4-21-12(20)13(2,3)19-7-8(6-16-19)17-11-9(5-15)10(14)18-22-11/h6-7,17H,4H2,1-3H3. The van der Waals surface area contributed by atoms with Crippen LogP contribution in [0.2, 0.25) is 5.15 Å². The molecule has 0 aromatic carbocycles. The topological polar surface area (TPSA) is 92.8 Å². The first-order valence-corrected chi connectivity index (χ1v) is 7.60. The predicted octanol–water partition coefficient (Wildman–Crippen LogP) is 2.91. The van der Waals surface area contributed by atoms with Gasteiger partial charge in [-0.1, -0.05) is 11.6 Å². The molecule has 0 aliphatic carbocycles. The smallest absolute Gasteiger partial charge is 0.333 e. The average molecular weight is 340 g/mol. The molecule has 2 rings (SSSR count). The molecule has 0 fully saturated rings. The summed E-state index contributed by atoms with van der Waals surface area (Å²) in [5, 5.41) is 16.9. The van der Waals surface area contributed by atoms with Gasteiger partial charge in [0, 0.05) is 6.20 Å². The van der Waals surface area contributed by atoms with Crippen LogP contribution in [-0.4, -0.2) is 26.7 Å².